The van der Waals surface area contributed by atoms with E-state index in [9.17, 15) is 4.79 Å². The first-order valence-corrected chi connectivity index (χ1v) is 8.06. The van der Waals surface area contributed by atoms with E-state index in [1.807, 2.05) is 12.1 Å². The van der Waals surface area contributed by atoms with Crippen LogP contribution in [-0.4, -0.2) is 43.0 Å². The van der Waals surface area contributed by atoms with Crippen LogP contribution in [0.3, 0.4) is 0 Å². The summed E-state index contributed by atoms with van der Waals surface area (Å²) in [7, 11) is 0. The number of furan rings is 1. The van der Waals surface area contributed by atoms with Crippen LogP contribution in [0, 0.1) is 5.92 Å². The Hall–Kier alpha value is -1.33. The number of likely N-dealkylation sites (tertiary alicyclic amines) is 1. The minimum Gasteiger partial charge on any atom is -0.467 e. The molecule has 0 aromatic carbocycles. The molecule has 3 rings (SSSR count). The van der Waals surface area contributed by atoms with Crippen LogP contribution in [-0.2, 0) is 11.3 Å². The van der Waals surface area contributed by atoms with Crippen molar-refractivity contribution in [2.75, 3.05) is 26.2 Å². The molecule has 1 amide bonds. The van der Waals surface area contributed by atoms with Crippen molar-refractivity contribution in [1.82, 2.24) is 15.5 Å². The molecule has 116 valence electrons. The van der Waals surface area contributed by atoms with Gasteiger partial charge in [0.15, 0.2) is 0 Å². The summed E-state index contributed by atoms with van der Waals surface area (Å²) in [6.45, 7) is 4.24. The van der Waals surface area contributed by atoms with Gasteiger partial charge in [-0.2, -0.15) is 0 Å². The van der Waals surface area contributed by atoms with Gasteiger partial charge in [-0.05, 0) is 63.4 Å². The highest BCUT2D eigenvalue weighted by molar-refractivity contribution is 5.77. The summed E-state index contributed by atoms with van der Waals surface area (Å²) < 4.78 is 5.21. The lowest BCUT2D eigenvalue weighted by molar-refractivity contribution is -0.122. The molecule has 2 aliphatic rings. The molecule has 0 radical (unpaired) electrons. The fourth-order valence-corrected chi connectivity index (χ4v) is 3.49. The quantitative estimate of drug-likeness (QED) is 0.860. The first-order valence-electron chi connectivity index (χ1n) is 8.06. The van der Waals surface area contributed by atoms with Crippen LogP contribution in [0.4, 0.5) is 0 Å². The molecule has 5 heteroatoms. The molecular formula is C16H25N3O2. The monoisotopic (exact) mass is 291 g/mol. The average Bonchev–Trinajstić information content (AvgIpc) is 3.19. The standard InChI is InChI=1S/C16H25N3O2/c20-16(18-11-14-3-2-10-21-14)12-19-8-5-13(6-9-19)15-4-1-7-17-15/h2-3,10,13,15,17H,1,4-9,11-12H2,(H,18,20). The number of rotatable bonds is 5. The van der Waals surface area contributed by atoms with Crippen LogP contribution >= 0.6 is 0 Å². The maximum Gasteiger partial charge on any atom is 0.234 e. The largest absolute Gasteiger partial charge is 0.467 e. The number of amides is 1. The van der Waals surface area contributed by atoms with E-state index in [4.69, 9.17) is 4.42 Å². The lowest BCUT2D eigenvalue weighted by atomic mass is 9.88. The van der Waals surface area contributed by atoms with Crippen molar-refractivity contribution in [2.45, 2.75) is 38.3 Å². The summed E-state index contributed by atoms with van der Waals surface area (Å²) in [5, 5.41) is 6.52. The zero-order chi connectivity index (χ0) is 14.5. The topological polar surface area (TPSA) is 57.5 Å². The molecule has 5 nitrogen and oxygen atoms in total. The maximum atomic E-state index is 11.9. The van der Waals surface area contributed by atoms with Crippen molar-refractivity contribution < 1.29 is 9.21 Å². The van der Waals surface area contributed by atoms with Crippen LogP contribution in [0.5, 0.6) is 0 Å². The highest BCUT2D eigenvalue weighted by atomic mass is 16.3. The Kier molecular flexibility index (Phi) is 4.93. The Labute approximate surface area is 126 Å². The van der Waals surface area contributed by atoms with E-state index in [-0.39, 0.29) is 5.91 Å². The Morgan fingerprint density at radius 1 is 1.38 bits per heavy atom. The molecule has 0 aliphatic carbocycles. The molecule has 2 N–H and O–H groups in total. The van der Waals surface area contributed by atoms with E-state index in [0.717, 1.165) is 30.8 Å². The molecule has 2 aliphatic heterocycles. The van der Waals surface area contributed by atoms with E-state index in [0.29, 0.717) is 13.1 Å². The summed E-state index contributed by atoms with van der Waals surface area (Å²) in [5.41, 5.74) is 0. The molecule has 21 heavy (non-hydrogen) atoms. The third kappa shape index (κ3) is 4.08. The van der Waals surface area contributed by atoms with E-state index in [1.165, 1.54) is 32.2 Å². The molecule has 1 unspecified atom stereocenters. The van der Waals surface area contributed by atoms with Gasteiger partial charge in [-0.3, -0.25) is 9.69 Å². The molecule has 1 aromatic heterocycles. The number of nitrogens with one attached hydrogen (secondary N) is 2. The second kappa shape index (κ2) is 7.09. The average molecular weight is 291 g/mol. The smallest absolute Gasteiger partial charge is 0.234 e. The first kappa shape index (κ1) is 14.6. The molecule has 2 saturated heterocycles. The van der Waals surface area contributed by atoms with E-state index in [2.05, 4.69) is 15.5 Å². The first-order chi connectivity index (χ1) is 10.3. The highest BCUT2D eigenvalue weighted by Gasteiger charge is 2.28. The minimum absolute atomic E-state index is 0.0869. The molecular weight excluding hydrogens is 266 g/mol. The number of piperidine rings is 1. The maximum absolute atomic E-state index is 11.9. The van der Waals surface area contributed by atoms with Gasteiger partial charge in [0.2, 0.25) is 5.91 Å². The van der Waals surface area contributed by atoms with Crippen LogP contribution in [0.25, 0.3) is 0 Å². The van der Waals surface area contributed by atoms with Gasteiger partial charge >= 0.3 is 0 Å². The third-order valence-corrected chi connectivity index (χ3v) is 4.71. The van der Waals surface area contributed by atoms with Crippen LogP contribution in [0.15, 0.2) is 22.8 Å². The summed E-state index contributed by atoms with van der Waals surface area (Å²) in [6.07, 6.45) is 6.70. The number of hydrogen-bond donors (Lipinski definition) is 2. The normalized spacial score (nSPS) is 24.3. The highest BCUT2D eigenvalue weighted by Crippen LogP contribution is 2.25. The second-order valence-corrected chi connectivity index (χ2v) is 6.17. The van der Waals surface area contributed by atoms with Crippen molar-refractivity contribution in [2.24, 2.45) is 5.92 Å². The molecule has 2 fully saturated rings. The summed E-state index contributed by atoms with van der Waals surface area (Å²) >= 11 is 0. The van der Waals surface area contributed by atoms with Crippen LogP contribution < -0.4 is 10.6 Å². The lowest BCUT2D eigenvalue weighted by Crippen LogP contribution is -2.44. The van der Waals surface area contributed by atoms with Crippen molar-refractivity contribution in [1.29, 1.82) is 0 Å². The second-order valence-electron chi connectivity index (χ2n) is 6.17. The SMILES string of the molecule is O=C(CN1CCC(C2CCCN2)CC1)NCc1ccco1. The zero-order valence-electron chi connectivity index (χ0n) is 12.5. The predicted molar refractivity (Wildman–Crippen MR) is 80.7 cm³/mol. The van der Waals surface area contributed by atoms with Crippen molar-refractivity contribution in [3.63, 3.8) is 0 Å². The summed E-state index contributed by atoms with van der Waals surface area (Å²) in [5.74, 6) is 1.69. The van der Waals surface area contributed by atoms with Crippen LogP contribution in [0.2, 0.25) is 0 Å². The van der Waals surface area contributed by atoms with Gasteiger partial charge < -0.3 is 15.1 Å². The molecule has 3 heterocycles. The minimum atomic E-state index is 0.0869. The Morgan fingerprint density at radius 2 is 2.24 bits per heavy atom. The van der Waals surface area contributed by atoms with E-state index >= 15 is 0 Å². The number of hydrogen-bond acceptors (Lipinski definition) is 4. The van der Waals surface area contributed by atoms with Gasteiger partial charge in [0.05, 0.1) is 19.4 Å². The van der Waals surface area contributed by atoms with E-state index in [1.54, 1.807) is 6.26 Å². The Balaban J connectivity index is 1.35. The van der Waals surface area contributed by atoms with Gasteiger partial charge in [-0.1, -0.05) is 0 Å². The third-order valence-electron chi connectivity index (χ3n) is 4.71. The fraction of sp³-hybridized carbons (Fsp3) is 0.688. The number of nitrogens with zero attached hydrogens (tertiary/aromatic N) is 1. The summed E-state index contributed by atoms with van der Waals surface area (Å²) in [4.78, 5) is 14.2. The van der Waals surface area contributed by atoms with Crippen molar-refractivity contribution >= 4 is 5.91 Å². The van der Waals surface area contributed by atoms with Gasteiger partial charge in [-0.15, -0.1) is 0 Å². The van der Waals surface area contributed by atoms with Gasteiger partial charge in [0, 0.05) is 6.04 Å². The molecule has 0 spiro atoms. The molecule has 1 aromatic rings. The molecule has 0 saturated carbocycles. The Morgan fingerprint density at radius 3 is 2.90 bits per heavy atom. The van der Waals surface area contributed by atoms with Gasteiger partial charge in [-0.25, -0.2) is 0 Å². The van der Waals surface area contributed by atoms with E-state index < -0.39 is 0 Å². The summed E-state index contributed by atoms with van der Waals surface area (Å²) in [6, 6.07) is 4.43. The molecule has 0 bridgehead atoms. The molecule has 1 atom stereocenters. The van der Waals surface area contributed by atoms with Gasteiger partial charge in [0.25, 0.3) is 0 Å². The fourth-order valence-electron chi connectivity index (χ4n) is 3.49. The lowest BCUT2D eigenvalue weighted by Gasteiger charge is -2.34. The number of carbonyl (C=O) groups is 1. The predicted octanol–water partition coefficient (Wildman–Crippen LogP) is 1.36. The van der Waals surface area contributed by atoms with Crippen molar-refractivity contribution in [3.8, 4) is 0 Å². The van der Waals surface area contributed by atoms with Crippen molar-refractivity contribution in [3.05, 3.63) is 24.2 Å². The van der Waals surface area contributed by atoms with Crippen LogP contribution in [0.1, 0.15) is 31.4 Å². The Bertz CT molecular complexity index is 432. The number of carbonyl (C=O) groups excluding carboxylic acids is 1. The van der Waals surface area contributed by atoms with Gasteiger partial charge in [0.1, 0.15) is 5.76 Å². The zero-order valence-corrected chi connectivity index (χ0v) is 12.5.